The molecule has 0 aliphatic heterocycles. The molecule has 0 saturated heterocycles. The van der Waals surface area contributed by atoms with Gasteiger partial charge in [-0.3, -0.25) is 0 Å². The van der Waals surface area contributed by atoms with E-state index in [0.29, 0.717) is 6.54 Å². The van der Waals surface area contributed by atoms with Crippen LogP contribution in [0.1, 0.15) is 122 Å². The number of rotatable bonds is 19. The zero-order chi connectivity index (χ0) is 17.0. The van der Waals surface area contributed by atoms with Crippen LogP contribution in [0.15, 0.2) is 0 Å². The monoisotopic (exact) mass is 327 g/mol. The van der Waals surface area contributed by atoms with E-state index in [2.05, 4.69) is 6.92 Å². The summed E-state index contributed by atoms with van der Waals surface area (Å²) < 4.78 is 0. The van der Waals surface area contributed by atoms with Crippen molar-refractivity contribution >= 4 is 0 Å². The second kappa shape index (κ2) is 20.0. The Kier molecular flexibility index (Phi) is 19.9. The van der Waals surface area contributed by atoms with Crippen molar-refractivity contribution in [3.8, 4) is 0 Å². The van der Waals surface area contributed by atoms with E-state index in [4.69, 9.17) is 5.73 Å². The molecule has 0 fully saturated rings. The Labute approximate surface area is 146 Å². The van der Waals surface area contributed by atoms with Crippen molar-refractivity contribution in [1.29, 1.82) is 0 Å². The highest BCUT2D eigenvalue weighted by Crippen LogP contribution is 2.14. The molecule has 0 heterocycles. The van der Waals surface area contributed by atoms with Crippen LogP contribution in [0.25, 0.3) is 0 Å². The zero-order valence-corrected chi connectivity index (χ0v) is 16.0. The summed E-state index contributed by atoms with van der Waals surface area (Å²) >= 11 is 0. The first-order valence-corrected chi connectivity index (χ1v) is 10.7. The molecule has 23 heavy (non-hydrogen) atoms. The molecule has 0 saturated carbocycles. The summed E-state index contributed by atoms with van der Waals surface area (Å²) in [6.45, 7) is 2.90. The summed E-state index contributed by atoms with van der Waals surface area (Å²) in [5.41, 5.74) is 5.43. The molecule has 0 amide bonds. The smallest absolute Gasteiger partial charge is 0.0552 e. The predicted octanol–water partition coefficient (Wildman–Crippen LogP) is 6.35. The van der Waals surface area contributed by atoms with Gasteiger partial charge in [0.2, 0.25) is 0 Å². The van der Waals surface area contributed by atoms with Crippen molar-refractivity contribution in [2.24, 2.45) is 5.73 Å². The Hall–Kier alpha value is -0.0800. The molecule has 2 heteroatoms. The van der Waals surface area contributed by atoms with Gasteiger partial charge in [0.15, 0.2) is 0 Å². The van der Waals surface area contributed by atoms with Gasteiger partial charge in [-0.15, -0.1) is 0 Å². The van der Waals surface area contributed by atoms with E-state index in [0.717, 1.165) is 12.8 Å². The molecule has 0 rings (SSSR count). The van der Waals surface area contributed by atoms with E-state index in [9.17, 15) is 5.11 Å². The van der Waals surface area contributed by atoms with Crippen LogP contribution in [-0.2, 0) is 0 Å². The maximum atomic E-state index is 9.58. The molecule has 0 aromatic heterocycles. The van der Waals surface area contributed by atoms with Crippen LogP contribution in [-0.4, -0.2) is 17.8 Å². The molecule has 0 bridgehead atoms. The average Bonchev–Trinajstić information content (AvgIpc) is 2.54. The normalized spacial score (nSPS) is 12.7. The lowest BCUT2D eigenvalue weighted by atomic mass is 10.0. The minimum Gasteiger partial charge on any atom is -0.393 e. The Morgan fingerprint density at radius 2 is 0.913 bits per heavy atom. The molecule has 0 aliphatic carbocycles. The second-order valence-electron chi connectivity index (χ2n) is 7.32. The number of hydrogen-bond donors (Lipinski definition) is 2. The van der Waals surface area contributed by atoms with Gasteiger partial charge in [0, 0.05) is 0 Å². The van der Waals surface area contributed by atoms with E-state index in [1.54, 1.807) is 0 Å². The van der Waals surface area contributed by atoms with Crippen LogP contribution in [0.5, 0.6) is 0 Å². The minimum atomic E-state index is -0.161. The third kappa shape index (κ3) is 19.9. The first-order valence-electron chi connectivity index (χ1n) is 10.7. The molecule has 0 spiro atoms. The summed E-state index contributed by atoms with van der Waals surface area (Å²) in [5.74, 6) is 0. The van der Waals surface area contributed by atoms with Gasteiger partial charge in [-0.25, -0.2) is 0 Å². The summed E-state index contributed by atoms with van der Waals surface area (Å²) in [7, 11) is 0. The summed E-state index contributed by atoms with van der Waals surface area (Å²) in [6, 6.07) is 0. The van der Waals surface area contributed by atoms with Gasteiger partial charge in [-0.2, -0.15) is 0 Å². The predicted molar refractivity (Wildman–Crippen MR) is 104 cm³/mol. The molecule has 140 valence electrons. The average molecular weight is 328 g/mol. The zero-order valence-electron chi connectivity index (χ0n) is 16.0. The van der Waals surface area contributed by atoms with E-state index in [-0.39, 0.29) is 6.10 Å². The summed E-state index contributed by atoms with van der Waals surface area (Å²) in [5, 5.41) is 9.58. The molecule has 0 radical (unpaired) electrons. The number of unbranched alkanes of at least 4 members (excludes halogenated alkanes) is 15. The summed E-state index contributed by atoms with van der Waals surface area (Å²) in [6.07, 6.45) is 23.9. The molecule has 1 unspecified atom stereocenters. The lowest BCUT2D eigenvalue weighted by Crippen LogP contribution is -2.12. The highest BCUT2D eigenvalue weighted by atomic mass is 16.3. The quantitative estimate of drug-likeness (QED) is 0.272. The minimum absolute atomic E-state index is 0.161. The van der Waals surface area contributed by atoms with Crippen molar-refractivity contribution in [3.63, 3.8) is 0 Å². The maximum absolute atomic E-state index is 9.58. The van der Waals surface area contributed by atoms with Crippen molar-refractivity contribution in [3.05, 3.63) is 0 Å². The van der Waals surface area contributed by atoms with Crippen LogP contribution < -0.4 is 5.73 Å². The topological polar surface area (TPSA) is 46.2 Å². The summed E-state index contributed by atoms with van der Waals surface area (Å²) in [4.78, 5) is 0. The van der Waals surface area contributed by atoms with Crippen LogP contribution in [0.2, 0.25) is 0 Å². The molecule has 1 atom stereocenters. The lowest BCUT2D eigenvalue weighted by Gasteiger charge is -2.08. The van der Waals surface area contributed by atoms with Gasteiger partial charge >= 0.3 is 0 Å². The molecule has 0 aliphatic rings. The Morgan fingerprint density at radius 3 is 1.26 bits per heavy atom. The third-order valence-electron chi connectivity index (χ3n) is 4.89. The standard InChI is InChI=1S/C21H45NO/c1-2-3-4-5-6-7-8-9-10-11-12-13-14-15-16-17-18-21(23)19-20-22/h21,23H,2-20,22H2,1H3. The van der Waals surface area contributed by atoms with Gasteiger partial charge in [0.1, 0.15) is 0 Å². The van der Waals surface area contributed by atoms with Crippen molar-refractivity contribution in [2.45, 2.75) is 129 Å². The van der Waals surface area contributed by atoms with Crippen molar-refractivity contribution in [2.75, 3.05) is 6.54 Å². The Balaban J connectivity index is 3.00. The number of nitrogens with two attached hydrogens (primary N) is 1. The molecule has 0 aromatic rings. The maximum Gasteiger partial charge on any atom is 0.0552 e. The highest BCUT2D eigenvalue weighted by molar-refractivity contribution is 4.56. The Morgan fingerprint density at radius 1 is 0.565 bits per heavy atom. The third-order valence-corrected chi connectivity index (χ3v) is 4.89. The molecular weight excluding hydrogens is 282 g/mol. The van der Waals surface area contributed by atoms with Gasteiger partial charge < -0.3 is 10.8 Å². The Bertz CT molecular complexity index is 208. The van der Waals surface area contributed by atoms with Crippen LogP contribution in [0, 0.1) is 0 Å². The number of hydrogen-bond acceptors (Lipinski definition) is 2. The fourth-order valence-electron chi connectivity index (χ4n) is 3.26. The van der Waals surface area contributed by atoms with Crippen LogP contribution >= 0.6 is 0 Å². The first-order chi connectivity index (χ1) is 11.3. The van der Waals surface area contributed by atoms with Gasteiger partial charge in [0.05, 0.1) is 6.10 Å². The molecule has 0 aromatic carbocycles. The highest BCUT2D eigenvalue weighted by Gasteiger charge is 2.01. The molecule has 2 nitrogen and oxygen atoms in total. The van der Waals surface area contributed by atoms with Gasteiger partial charge in [-0.05, 0) is 19.4 Å². The largest absolute Gasteiger partial charge is 0.393 e. The van der Waals surface area contributed by atoms with E-state index in [1.807, 2.05) is 0 Å². The van der Waals surface area contributed by atoms with E-state index < -0.39 is 0 Å². The first kappa shape index (κ1) is 22.9. The van der Waals surface area contributed by atoms with Gasteiger partial charge in [-0.1, -0.05) is 110 Å². The van der Waals surface area contributed by atoms with Crippen molar-refractivity contribution in [1.82, 2.24) is 0 Å². The second-order valence-corrected chi connectivity index (χ2v) is 7.32. The molecule has 3 N–H and O–H groups in total. The van der Waals surface area contributed by atoms with E-state index >= 15 is 0 Å². The fourth-order valence-corrected chi connectivity index (χ4v) is 3.26. The van der Waals surface area contributed by atoms with E-state index in [1.165, 1.54) is 103 Å². The molecular formula is C21H45NO. The van der Waals surface area contributed by atoms with Gasteiger partial charge in [0.25, 0.3) is 0 Å². The lowest BCUT2D eigenvalue weighted by molar-refractivity contribution is 0.153. The van der Waals surface area contributed by atoms with Crippen LogP contribution in [0.4, 0.5) is 0 Å². The number of aliphatic hydroxyl groups is 1. The fraction of sp³-hybridized carbons (Fsp3) is 1.00. The van der Waals surface area contributed by atoms with Crippen LogP contribution in [0.3, 0.4) is 0 Å². The van der Waals surface area contributed by atoms with Crippen molar-refractivity contribution < 1.29 is 5.11 Å². The number of aliphatic hydroxyl groups excluding tert-OH is 1. The SMILES string of the molecule is CCCCCCCCCCCCCCCCCCC(O)CCN.